The van der Waals surface area contributed by atoms with Gasteiger partial charge in [-0.25, -0.2) is 0 Å². The zero-order valence-electron chi connectivity index (χ0n) is 20.2. The number of rotatable bonds is 6. The number of hydrogen-bond donors (Lipinski definition) is 2. The first kappa shape index (κ1) is 23.4. The highest BCUT2D eigenvalue weighted by Gasteiger charge is 2.51. The minimum Gasteiger partial charge on any atom is -0.370 e. The number of aromatic nitrogens is 3. The molecule has 4 atom stereocenters. The molecule has 10 nitrogen and oxygen atoms in total. The van der Waals surface area contributed by atoms with E-state index in [-0.39, 0.29) is 42.2 Å². The van der Waals surface area contributed by atoms with Crippen LogP contribution in [-0.2, 0) is 14.3 Å². The van der Waals surface area contributed by atoms with E-state index in [1.807, 2.05) is 36.4 Å². The topological polar surface area (TPSA) is 118 Å². The number of ether oxygens (including phenoxy) is 1. The summed E-state index contributed by atoms with van der Waals surface area (Å²) in [7, 11) is 0. The van der Waals surface area contributed by atoms with Gasteiger partial charge in [-0.15, -0.1) is 10.2 Å². The van der Waals surface area contributed by atoms with E-state index in [2.05, 4.69) is 20.8 Å². The Balaban J connectivity index is 1.12. The second kappa shape index (κ2) is 9.78. The molecule has 2 bridgehead atoms. The maximum absolute atomic E-state index is 13.4. The van der Waals surface area contributed by atoms with Crippen LogP contribution in [0, 0.1) is 17.8 Å². The molecule has 2 heterocycles. The van der Waals surface area contributed by atoms with Crippen molar-refractivity contribution in [3.8, 4) is 5.69 Å². The molecular weight excluding hydrogens is 472 g/mol. The molecule has 3 aliphatic rings. The zero-order valence-corrected chi connectivity index (χ0v) is 20.2. The molecule has 2 saturated carbocycles. The number of fused-ring (bicyclic) bond motifs is 2. The van der Waals surface area contributed by atoms with Crippen molar-refractivity contribution in [3.05, 3.63) is 66.7 Å². The molecule has 190 valence electrons. The van der Waals surface area contributed by atoms with Gasteiger partial charge in [-0.05, 0) is 79.6 Å². The summed E-state index contributed by atoms with van der Waals surface area (Å²) in [6, 6.07) is 14.3. The van der Waals surface area contributed by atoms with E-state index in [4.69, 9.17) is 4.74 Å². The molecule has 10 heteroatoms. The van der Waals surface area contributed by atoms with Crippen molar-refractivity contribution in [2.75, 3.05) is 30.0 Å². The van der Waals surface area contributed by atoms with Crippen LogP contribution in [0.5, 0.6) is 0 Å². The van der Waals surface area contributed by atoms with E-state index in [0.29, 0.717) is 30.3 Å². The van der Waals surface area contributed by atoms with Gasteiger partial charge in [0.05, 0.1) is 12.5 Å². The molecule has 0 unspecified atom stereocenters. The zero-order chi connectivity index (χ0) is 25.4. The fourth-order valence-corrected chi connectivity index (χ4v) is 5.97. The van der Waals surface area contributed by atoms with Gasteiger partial charge in [0, 0.05) is 35.2 Å². The standard InChI is InChI=1S/C27H28N6O4/c34-23-14-37-12-11-33(23)22-9-5-20(6-10-22)30-27(36)24-18-1-2-19(13-18)25(24)31-26(35)17-3-7-21(8-4-17)32-15-28-29-16-32/h3-10,15-16,18-19,24-25H,1-2,11-14H2,(H,30,36)(H,31,35)/t18-,19+,24+,25-/m0/s1. The van der Waals surface area contributed by atoms with E-state index in [9.17, 15) is 14.4 Å². The summed E-state index contributed by atoms with van der Waals surface area (Å²) in [4.78, 5) is 40.3. The van der Waals surface area contributed by atoms with Crippen LogP contribution in [0.15, 0.2) is 61.2 Å². The summed E-state index contributed by atoms with van der Waals surface area (Å²) in [5, 5.41) is 13.8. The van der Waals surface area contributed by atoms with Crippen LogP contribution < -0.4 is 15.5 Å². The second-order valence-electron chi connectivity index (χ2n) is 9.91. The predicted molar refractivity (Wildman–Crippen MR) is 135 cm³/mol. The van der Waals surface area contributed by atoms with Gasteiger partial charge in [0.2, 0.25) is 5.91 Å². The first-order chi connectivity index (χ1) is 18.1. The van der Waals surface area contributed by atoms with E-state index >= 15 is 0 Å². The van der Waals surface area contributed by atoms with E-state index in [0.717, 1.165) is 30.6 Å². The fraction of sp³-hybridized carbons (Fsp3) is 0.370. The quantitative estimate of drug-likeness (QED) is 0.537. The Kier molecular flexibility index (Phi) is 6.17. The lowest BCUT2D eigenvalue weighted by molar-refractivity contribution is -0.125. The second-order valence-corrected chi connectivity index (χ2v) is 9.91. The number of nitrogens with zero attached hydrogens (tertiary/aromatic N) is 4. The van der Waals surface area contributed by atoms with Gasteiger partial charge < -0.3 is 20.3 Å². The summed E-state index contributed by atoms with van der Waals surface area (Å²) < 4.78 is 6.96. The third kappa shape index (κ3) is 4.60. The number of morpholine rings is 1. The van der Waals surface area contributed by atoms with Crippen LogP contribution >= 0.6 is 0 Å². The molecule has 2 N–H and O–H groups in total. The van der Waals surface area contributed by atoms with Crippen LogP contribution in [0.2, 0.25) is 0 Å². The lowest BCUT2D eigenvalue weighted by Crippen LogP contribution is -2.48. The molecule has 0 radical (unpaired) electrons. The number of amides is 3. The van der Waals surface area contributed by atoms with Crippen molar-refractivity contribution < 1.29 is 19.1 Å². The number of carbonyl (C=O) groups is 3. The molecule has 1 saturated heterocycles. The third-order valence-electron chi connectivity index (χ3n) is 7.80. The molecule has 1 aliphatic heterocycles. The molecule has 3 aromatic rings. The van der Waals surface area contributed by atoms with E-state index < -0.39 is 0 Å². The Morgan fingerprint density at radius 3 is 2.35 bits per heavy atom. The normalized spacial score (nSPS) is 24.8. The smallest absolute Gasteiger partial charge is 0.253 e. The molecule has 3 amide bonds. The van der Waals surface area contributed by atoms with Crippen LogP contribution in [0.3, 0.4) is 0 Å². The highest BCUT2D eigenvalue weighted by atomic mass is 16.5. The molecule has 6 rings (SSSR count). The molecular formula is C27H28N6O4. The SMILES string of the molecule is O=C(N[C@H]1[C@@H]2CC[C@@H](C2)[C@H]1C(=O)Nc1ccc(N2CCOCC2=O)cc1)c1ccc(-n2cnnc2)cc1. The van der Waals surface area contributed by atoms with Crippen molar-refractivity contribution in [1.29, 1.82) is 0 Å². The van der Waals surface area contributed by atoms with E-state index in [1.165, 1.54) is 0 Å². The molecule has 3 fully saturated rings. The first-order valence-corrected chi connectivity index (χ1v) is 12.6. The highest BCUT2D eigenvalue weighted by molar-refractivity contribution is 5.98. The fourth-order valence-electron chi connectivity index (χ4n) is 5.97. The van der Waals surface area contributed by atoms with Crippen LogP contribution in [0.1, 0.15) is 29.6 Å². The van der Waals surface area contributed by atoms with Gasteiger partial charge in [-0.1, -0.05) is 0 Å². The predicted octanol–water partition coefficient (Wildman–Crippen LogP) is 2.41. The Hall–Kier alpha value is -4.05. The van der Waals surface area contributed by atoms with Gasteiger partial charge >= 0.3 is 0 Å². The van der Waals surface area contributed by atoms with Gasteiger partial charge in [-0.3, -0.25) is 19.0 Å². The number of carbonyl (C=O) groups excluding carboxylic acids is 3. The monoisotopic (exact) mass is 500 g/mol. The molecule has 1 aromatic heterocycles. The molecule has 2 aliphatic carbocycles. The van der Waals surface area contributed by atoms with Gasteiger partial charge in [0.1, 0.15) is 19.3 Å². The molecule has 2 aromatic carbocycles. The van der Waals surface area contributed by atoms with Crippen LogP contribution in [0.25, 0.3) is 5.69 Å². The van der Waals surface area contributed by atoms with Gasteiger partial charge in [-0.2, -0.15) is 0 Å². The lowest BCUT2D eigenvalue weighted by Gasteiger charge is -2.31. The van der Waals surface area contributed by atoms with Gasteiger partial charge in [0.25, 0.3) is 11.8 Å². The van der Waals surface area contributed by atoms with Crippen LogP contribution in [0.4, 0.5) is 11.4 Å². The Morgan fingerprint density at radius 2 is 1.62 bits per heavy atom. The van der Waals surface area contributed by atoms with Crippen molar-refractivity contribution in [2.45, 2.75) is 25.3 Å². The highest BCUT2D eigenvalue weighted by Crippen LogP contribution is 2.49. The van der Waals surface area contributed by atoms with E-state index in [1.54, 1.807) is 34.3 Å². The summed E-state index contributed by atoms with van der Waals surface area (Å²) in [6.45, 7) is 1.11. The summed E-state index contributed by atoms with van der Waals surface area (Å²) in [5.74, 6) is -0.0373. The largest absolute Gasteiger partial charge is 0.370 e. The molecule has 0 spiro atoms. The Morgan fingerprint density at radius 1 is 0.919 bits per heavy atom. The minimum absolute atomic E-state index is 0.0722. The maximum Gasteiger partial charge on any atom is 0.253 e. The summed E-state index contributed by atoms with van der Waals surface area (Å²) >= 11 is 0. The number of anilines is 2. The first-order valence-electron chi connectivity index (χ1n) is 12.6. The number of benzene rings is 2. The lowest BCUT2D eigenvalue weighted by atomic mass is 9.83. The van der Waals surface area contributed by atoms with Crippen molar-refractivity contribution in [1.82, 2.24) is 20.1 Å². The maximum atomic E-state index is 13.4. The number of hydrogen-bond acceptors (Lipinski definition) is 6. The average molecular weight is 501 g/mol. The minimum atomic E-state index is -0.278. The molecule has 37 heavy (non-hydrogen) atoms. The van der Waals surface area contributed by atoms with Crippen molar-refractivity contribution >= 4 is 29.1 Å². The Bertz CT molecular complexity index is 1290. The summed E-state index contributed by atoms with van der Waals surface area (Å²) in [5.41, 5.74) is 2.87. The Labute approximate surface area is 214 Å². The third-order valence-corrected chi connectivity index (χ3v) is 7.80. The van der Waals surface area contributed by atoms with Crippen LogP contribution in [-0.4, -0.2) is 58.3 Å². The average Bonchev–Trinajstić information content (AvgIpc) is 3.68. The number of nitrogens with one attached hydrogen (secondary N) is 2. The summed E-state index contributed by atoms with van der Waals surface area (Å²) in [6.07, 6.45) is 6.18. The van der Waals surface area contributed by atoms with Gasteiger partial charge in [0.15, 0.2) is 0 Å². The van der Waals surface area contributed by atoms with Crippen molar-refractivity contribution in [2.24, 2.45) is 17.8 Å². The van der Waals surface area contributed by atoms with Crippen molar-refractivity contribution in [3.63, 3.8) is 0 Å².